The number of hydrogen-bond acceptors (Lipinski definition) is 6. The molecule has 2 unspecified atom stereocenters. The summed E-state index contributed by atoms with van der Waals surface area (Å²) in [6.45, 7) is 6.86. The highest BCUT2D eigenvalue weighted by Crippen LogP contribution is 2.29. The van der Waals surface area contributed by atoms with Crippen LogP contribution in [0.1, 0.15) is 57.8 Å². The Hall–Kier alpha value is -2.86. The molecule has 0 aliphatic heterocycles. The van der Waals surface area contributed by atoms with Crippen molar-refractivity contribution >= 4 is 11.9 Å². The number of carbonyl (C=O) groups is 2. The monoisotopic (exact) mass is 400 g/mol. The molecule has 0 heterocycles. The van der Waals surface area contributed by atoms with Gasteiger partial charge in [-0.2, -0.15) is 0 Å². The van der Waals surface area contributed by atoms with E-state index in [2.05, 4.69) is 0 Å². The molecule has 0 radical (unpaired) electrons. The Labute approximate surface area is 171 Å². The number of rotatable bonds is 8. The number of phenolic OH excluding ortho intramolecular Hbond substituents is 1. The lowest BCUT2D eigenvalue weighted by Gasteiger charge is -2.27. The first kappa shape index (κ1) is 22.4. The Morgan fingerprint density at radius 1 is 1.07 bits per heavy atom. The molecule has 2 aromatic carbocycles. The second-order valence-corrected chi connectivity index (χ2v) is 7.49. The zero-order chi connectivity index (χ0) is 21.6. The van der Waals surface area contributed by atoms with Gasteiger partial charge >= 0.3 is 11.9 Å². The van der Waals surface area contributed by atoms with E-state index in [0.29, 0.717) is 17.5 Å². The van der Waals surface area contributed by atoms with Crippen molar-refractivity contribution in [2.24, 2.45) is 5.92 Å². The van der Waals surface area contributed by atoms with Crippen LogP contribution >= 0.6 is 0 Å². The standard InChI is InChI=1S/C23H28O6/c1-5-8-20(21(26)28-19-12-6-9-16(13-19)15(2)24)22(27)29-23(3,4)17-10-7-11-18(25)14-17/h6-7,9-15,20,24-25H,5,8H2,1-4H3. The van der Waals surface area contributed by atoms with Gasteiger partial charge in [0.1, 0.15) is 17.1 Å². The molecule has 0 amide bonds. The van der Waals surface area contributed by atoms with Gasteiger partial charge in [-0.15, -0.1) is 0 Å². The molecule has 0 fully saturated rings. The van der Waals surface area contributed by atoms with Crippen LogP contribution in [-0.2, 0) is 19.9 Å². The van der Waals surface area contributed by atoms with Gasteiger partial charge in [0.15, 0.2) is 5.92 Å². The molecule has 2 rings (SSSR count). The highest BCUT2D eigenvalue weighted by atomic mass is 16.6. The maximum Gasteiger partial charge on any atom is 0.325 e. The van der Waals surface area contributed by atoms with Gasteiger partial charge in [-0.1, -0.05) is 37.6 Å². The Bertz CT molecular complexity index is 856. The second-order valence-electron chi connectivity index (χ2n) is 7.49. The van der Waals surface area contributed by atoms with Crippen molar-refractivity contribution in [2.45, 2.75) is 52.2 Å². The molecular formula is C23H28O6. The lowest BCUT2D eigenvalue weighted by atomic mass is 9.97. The van der Waals surface area contributed by atoms with Gasteiger partial charge in [0.05, 0.1) is 6.10 Å². The summed E-state index contributed by atoms with van der Waals surface area (Å²) in [6.07, 6.45) is 0.173. The normalized spacial score (nSPS) is 13.4. The third kappa shape index (κ3) is 6.06. The number of carbonyl (C=O) groups excluding carboxylic acids is 2. The number of aliphatic hydroxyl groups excluding tert-OH is 1. The molecule has 156 valence electrons. The van der Waals surface area contributed by atoms with Crippen molar-refractivity contribution in [3.05, 3.63) is 59.7 Å². The summed E-state index contributed by atoms with van der Waals surface area (Å²) in [5, 5.41) is 19.4. The number of aliphatic hydroxyl groups is 1. The van der Waals surface area contributed by atoms with E-state index < -0.39 is 29.6 Å². The largest absolute Gasteiger partial charge is 0.508 e. The molecule has 6 nitrogen and oxygen atoms in total. The topological polar surface area (TPSA) is 93.1 Å². The fraction of sp³-hybridized carbons (Fsp3) is 0.391. The Kier molecular flexibility index (Phi) is 7.40. The molecule has 0 bridgehead atoms. The molecule has 0 saturated carbocycles. The van der Waals surface area contributed by atoms with Gasteiger partial charge in [-0.3, -0.25) is 9.59 Å². The summed E-state index contributed by atoms with van der Waals surface area (Å²) < 4.78 is 11.0. The van der Waals surface area contributed by atoms with E-state index in [-0.39, 0.29) is 17.9 Å². The van der Waals surface area contributed by atoms with Crippen molar-refractivity contribution in [1.82, 2.24) is 0 Å². The molecule has 0 spiro atoms. The highest BCUT2D eigenvalue weighted by Gasteiger charge is 2.35. The van der Waals surface area contributed by atoms with E-state index in [0.717, 1.165) is 0 Å². The van der Waals surface area contributed by atoms with Gasteiger partial charge in [0, 0.05) is 0 Å². The first-order chi connectivity index (χ1) is 13.6. The minimum Gasteiger partial charge on any atom is -0.508 e. The number of benzene rings is 2. The summed E-state index contributed by atoms with van der Waals surface area (Å²) >= 11 is 0. The zero-order valence-electron chi connectivity index (χ0n) is 17.2. The first-order valence-electron chi connectivity index (χ1n) is 9.66. The molecule has 0 aliphatic rings. The second kappa shape index (κ2) is 9.56. The van der Waals surface area contributed by atoms with E-state index in [1.54, 1.807) is 57.2 Å². The highest BCUT2D eigenvalue weighted by molar-refractivity contribution is 5.96. The van der Waals surface area contributed by atoms with Crippen LogP contribution in [0.3, 0.4) is 0 Å². The molecule has 0 aromatic heterocycles. The first-order valence-corrected chi connectivity index (χ1v) is 9.66. The number of esters is 2. The Balaban J connectivity index is 2.16. The average Bonchev–Trinajstić information content (AvgIpc) is 2.65. The molecule has 2 N–H and O–H groups in total. The molecule has 0 saturated heterocycles. The van der Waals surface area contributed by atoms with Crippen molar-refractivity contribution in [3.63, 3.8) is 0 Å². The summed E-state index contributed by atoms with van der Waals surface area (Å²) in [7, 11) is 0. The van der Waals surface area contributed by atoms with Crippen molar-refractivity contribution in [2.75, 3.05) is 0 Å². The number of aromatic hydroxyl groups is 1. The molecule has 2 atom stereocenters. The summed E-state index contributed by atoms with van der Waals surface area (Å²) in [6, 6.07) is 13.0. The lowest BCUT2D eigenvalue weighted by molar-refractivity contribution is -0.168. The molecule has 0 aliphatic carbocycles. The number of phenols is 1. The van der Waals surface area contributed by atoms with Gasteiger partial charge in [-0.25, -0.2) is 0 Å². The van der Waals surface area contributed by atoms with Crippen molar-refractivity contribution < 1.29 is 29.3 Å². The maximum atomic E-state index is 12.8. The summed E-state index contributed by atoms with van der Waals surface area (Å²) in [4.78, 5) is 25.5. The molecule has 6 heteroatoms. The van der Waals surface area contributed by atoms with Gasteiger partial charge < -0.3 is 19.7 Å². The van der Waals surface area contributed by atoms with Gasteiger partial charge in [-0.05, 0) is 62.6 Å². The molecular weight excluding hydrogens is 372 g/mol. The van der Waals surface area contributed by atoms with Crippen LogP contribution in [-0.4, -0.2) is 22.2 Å². The van der Waals surface area contributed by atoms with Crippen LogP contribution in [0, 0.1) is 5.92 Å². The molecule has 2 aromatic rings. The summed E-state index contributed by atoms with van der Waals surface area (Å²) in [5.41, 5.74) is 0.183. The zero-order valence-corrected chi connectivity index (χ0v) is 17.2. The lowest BCUT2D eigenvalue weighted by Crippen LogP contribution is -2.35. The quantitative estimate of drug-likeness (QED) is 0.391. The third-order valence-corrected chi connectivity index (χ3v) is 4.60. The Morgan fingerprint density at radius 2 is 1.76 bits per heavy atom. The van der Waals surface area contributed by atoms with E-state index in [9.17, 15) is 19.8 Å². The van der Waals surface area contributed by atoms with E-state index in [1.165, 1.54) is 12.1 Å². The maximum absolute atomic E-state index is 12.8. The van der Waals surface area contributed by atoms with E-state index in [4.69, 9.17) is 9.47 Å². The third-order valence-electron chi connectivity index (χ3n) is 4.60. The SMILES string of the molecule is CCCC(C(=O)Oc1cccc(C(C)O)c1)C(=O)OC(C)(C)c1cccc(O)c1. The van der Waals surface area contributed by atoms with Crippen LogP contribution in [0.25, 0.3) is 0 Å². The van der Waals surface area contributed by atoms with Gasteiger partial charge in [0.25, 0.3) is 0 Å². The Morgan fingerprint density at radius 3 is 2.38 bits per heavy atom. The molecule has 29 heavy (non-hydrogen) atoms. The average molecular weight is 400 g/mol. The van der Waals surface area contributed by atoms with Crippen LogP contribution in [0.15, 0.2) is 48.5 Å². The fourth-order valence-corrected chi connectivity index (χ4v) is 2.91. The van der Waals surface area contributed by atoms with Gasteiger partial charge in [0.2, 0.25) is 0 Å². The van der Waals surface area contributed by atoms with Crippen LogP contribution in [0.4, 0.5) is 0 Å². The van der Waals surface area contributed by atoms with Crippen LogP contribution < -0.4 is 4.74 Å². The fourth-order valence-electron chi connectivity index (χ4n) is 2.91. The minimum atomic E-state index is -1.08. The number of ether oxygens (including phenoxy) is 2. The predicted molar refractivity (Wildman–Crippen MR) is 108 cm³/mol. The van der Waals surface area contributed by atoms with Crippen molar-refractivity contribution in [1.29, 1.82) is 0 Å². The minimum absolute atomic E-state index is 0.0640. The predicted octanol–water partition coefficient (Wildman–Crippen LogP) is 4.25. The smallest absolute Gasteiger partial charge is 0.325 e. The summed E-state index contributed by atoms with van der Waals surface area (Å²) in [5.74, 6) is -2.14. The van der Waals surface area contributed by atoms with Crippen molar-refractivity contribution in [3.8, 4) is 11.5 Å². The van der Waals surface area contributed by atoms with E-state index >= 15 is 0 Å². The van der Waals surface area contributed by atoms with Crippen LogP contribution in [0.2, 0.25) is 0 Å². The van der Waals surface area contributed by atoms with Crippen LogP contribution in [0.5, 0.6) is 11.5 Å². The van der Waals surface area contributed by atoms with E-state index in [1.807, 2.05) is 6.92 Å². The number of hydrogen-bond donors (Lipinski definition) is 2.